The van der Waals surface area contributed by atoms with Gasteiger partial charge < -0.3 is 0 Å². The van der Waals surface area contributed by atoms with Gasteiger partial charge in [0.05, 0.1) is 10.9 Å². The number of hydrogen-bond acceptors (Lipinski definition) is 3. The highest BCUT2D eigenvalue weighted by Crippen LogP contribution is 2.23. The SMILES string of the molecule is O=C(Cl)[C@@H](Cc1ccccc1)NS(=O)(=O)c1cccc2ccccc12. The Balaban J connectivity index is 1.94. The van der Waals surface area contributed by atoms with Crippen molar-refractivity contribution in [1.82, 2.24) is 4.72 Å². The molecule has 25 heavy (non-hydrogen) atoms. The van der Waals surface area contributed by atoms with E-state index in [0.717, 1.165) is 10.9 Å². The summed E-state index contributed by atoms with van der Waals surface area (Å²) in [6.45, 7) is 0. The molecular weight excluding hydrogens is 358 g/mol. The van der Waals surface area contributed by atoms with Crippen LogP contribution in [-0.4, -0.2) is 19.7 Å². The van der Waals surface area contributed by atoms with Crippen molar-refractivity contribution in [3.05, 3.63) is 78.4 Å². The molecule has 0 aromatic heterocycles. The van der Waals surface area contributed by atoms with Crippen LogP contribution in [0.4, 0.5) is 0 Å². The standard InChI is InChI=1S/C19H16ClNO3S/c20-19(22)17(13-14-7-2-1-3-8-14)21-25(23,24)18-12-6-10-15-9-4-5-11-16(15)18/h1-12,17,21H,13H2/t17-/m1/s1. The van der Waals surface area contributed by atoms with Crippen molar-refractivity contribution in [2.45, 2.75) is 17.4 Å². The van der Waals surface area contributed by atoms with E-state index in [0.29, 0.717) is 5.39 Å². The fourth-order valence-electron chi connectivity index (χ4n) is 2.70. The van der Waals surface area contributed by atoms with Crippen molar-refractivity contribution in [1.29, 1.82) is 0 Å². The Morgan fingerprint density at radius 3 is 2.28 bits per heavy atom. The second-order valence-corrected chi connectivity index (χ2v) is 7.70. The average molecular weight is 374 g/mol. The van der Waals surface area contributed by atoms with E-state index in [1.165, 1.54) is 6.07 Å². The summed E-state index contributed by atoms with van der Waals surface area (Å²) in [4.78, 5) is 11.9. The van der Waals surface area contributed by atoms with Gasteiger partial charge in [-0.2, -0.15) is 4.72 Å². The van der Waals surface area contributed by atoms with E-state index in [2.05, 4.69) is 4.72 Å². The zero-order valence-corrected chi connectivity index (χ0v) is 14.8. The van der Waals surface area contributed by atoms with Crippen LogP contribution < -0.4 is 4.72 Å². The van der Waals surface area contributed by atoms with Gasteiger partial charge in [0.15, 0.2) is 0 Å². The van der Waals surface area contributed by atoms with Crippen LogP contribution in [0.25, 0.3) is 10.8 Å². The molecule has 6 heteroatoms. The van der Waals surface area contributed by atoms with Crippen molar-refractivity contribution in [2.24, 2.45) is 0 Å². The largest absolute Gasteiger partial charge is 0.279 e. The molecule has 0 unspecified atom stereocenters. The fourth-order valence-corrected chi connectivity index (χ4v) is 4.32. The molecule has 0 aliphatic carbocycles. The first kappa shape index (κ1) is 17.6. The van der Waals surface area contributed by atoms with Crippen LogP contribution >= 0.6 is 11.6 Å². The van der Waals surface area contributed by atoms with E-state index >= 15 is 0 Å². The van der Waals surface area contributed by atoms with Crippen LogP contribution in [-0.2, 0) is 21.2 Å². The molecule has 0 fully saturated rings. The molecule has 0 saturated heterocycles. The Kier molecular flexibility index (Phi) is 5.18. The summed E-state index contributed by atoms with van der Waals surface area (Å²) in [5, 5.41) is 0.660. The molecule has 0 radical (unpaired) electrons. The van der Waals surface area contributed by atoms with E-state index in [9.17, 15) is 13.2 Å². The first-order valence-electron chi connectivity index (χ1n) is 7.71. The van der Waals surface area contributed by atoms with Crippen LogP contribution in [0.15, 0.2) is 77.7 Å². The van der Waals surface area contributed by atoms with Gasteiger partial charge in [-0.3, -0.25) is 4.79 Å². The molecule has 3 rings (SSSR count). The number of sulfonamides is 1. The third kappa shape index (κ3) is 4.07. The van der Waals surface area contributed by atoms with Gasteiger partial charge in [0.1, 0.15) is 0 Å². The minimum atomic E-state index is -3.91. The highest BCUT2D eigenvalue weighted by molar-refractivity contribution is 7.89. The monoisotopic (exact) mass is 373 g/mol. The van der Waals surface area contributed by atoms with Gasteiger partial charge in [0, 0.05) is 5.39 Å². The zero-order chi connectivity index (χ0) is 17.9. The molecule has 1 atom stereocenters. The third-order valence-corrected chi connectivity index (χ3v) is 5.69. The van der Waals surface area contributed by atoms with Gasteiger partial charge in [0.2, 0.25) is 15.3 Å². The summed E-state index contributed by atoms with van der Waals surface area (Å²) in [6, 6.07) is 20.3. The molecule has 3 aromatic carbocycles. The molecule has 0 saturated carbocycles. The lowest BCUT2D eigenvalue weighted by Crippen LogP contribution is -2.40. The number of rotatable bonds is 6. The van der Waals surface area contributed by atoms with Crippen molar-refractivity contribution in [2.75, 3.05) is 0 Å². The lowest BCUT2D eigenvalue weighted by molar-refractivity contribution is -0.113. The van der Waals surface area contributed by atoms with Crippen molar-refractivity contribution >= 4 is 37.6 Å². The molecule has 0 amide bonds. The van der Waals surface area contributed by atoms with Gasteiger partial charge in [-0.25, -0.2) is 8.42 Å². The number of carbonyl (C=O) groups excluding carboxylic acids is 1. The summed E-state index contributed by atoms with van der Waals surface area (Å²) in [6.07, 6.45) is 0.188. The maximum Gasteiger partial charge on any atom is 0.241 e. The summed E-state index contributed by atoms with van der Waals surface area (Å²) in [5.74, 6) is 0. The van der Waals surface area contributed by atoms with Gasteiger partial charge in [-0.05, 0) is 35.0 Å². The van der Waals surface area contributed by atoms with E-state index in [1.54, 1.807) is 18.2 Å². The predicted octanol–water partition coefficient (Wildman–Crippen LogP) is 3.49. The van der Waals surface area contributed by atoms with E-state index < -0.39 is 21.3 Å². The fraction of sp³-hybridized carbons (Fsp3) is 0.105. The number of halogens is 1. The summed E-state index contributed by atoms with van der Waals surface area (Å²) in [5.41, 5.74) is 0.821. The van der Waals surface area contributed by atoms with Crippen LogP contribution in [0.2, 0.25) is 0 Å². The maximum absolute atomic E-state index is 12.8. The molecule has 0 spiro atoms. The van der Waals surface area contributed by atoms with E-state index in [-0.39, 0.29) is 11.3 Å². The molecule has 1 N–H and O–H groups in total. The number of nitrogens with one attached hydrogen (secondary N) is 1. The Morgan fingerprint density at radius 1 is 0.920 bits per heavy atom. The second kappa shape index (κ2) is 7.35. The molecule has 0 aliphatic heterocycles. The Morgan fingerprint density at radius 2 is 1.56 bits per heavy atom. The number of fused-ring (bicyclic) bond motifs is 1. The maximum atomic E-state index is 12.8. The van der Waals surface area contributed by atoms with E-state index in [1.807, 2.05) is 48.5 Å². The topological polar surface area (TPSA) is 63.2 Å². The molecule has 4 nitrogen and oxygen atoms in total. The molecule has 0 bridgehead atoms. The van der Waals surface area contributed by atoms with Gasteiger partial charge >= 0.3 is 0 Å². The smallest absolute Gasteiger partial charge is 0.241 e. The summed E-state index contributed by atoms with van der Waals surface area (Å²) >= 11 is 5.64. The van der Waals surface area contributed by atoms with Crippen molar-refractivity contribution in [3.63, 3.8) is 0 Å². The quantitative estimate of drug-likeness (QED) is 0.673. The molecule has 128 valence electrons. The highest BCUT2D eigenvalue weighted by atomic mass is 35.5. The minimum Gasteiger partial charge on any atom is -0.279 e. The predicted molar refractivity (Wildman–Crippen MR) is 99.1 cm³/mol. The van der Waals surface area contributed by atoms with Crippen molar-refractivity contribution in [3.8, 4) is 0 Å². The highest BCUT2D eigenvalue weighted by Gasteiger charge is 2.26. The van der Waals surface area contributed by atoms with Gasteiger partial charge in [-0.15, -0.1) is 0 Å². The van der Waals surface area contributed by atoms with Gasteiger partial charge in [-0.1, -0.05) is 66.7 Å². The number of benzene rings is 3. The molecule has 3 aromatic rings. The second-order valence-electron chi connectivity index (χ2n) is 5.64. The zero-order valence-electron chi connectivity index (χ0n) is 13.2. The van der Waals surface area contributed by atoms with Crippen molar-refractivity contribution < 1.29 is 13.2 Å². The minimum absolute atomic E-state index is 0.126. The summed E-state index contributed by atoms with van der Waals surface area (Å²) in [7, 11) is -3.91. The first-order valence-corrected chi connectivity index (χ1v) is 9.57. The Labute approximate surface area is 151 Å². The third-order valence-electron chi connectivity index (χ3n) is 3.89. The number of hydrogen-bond donors (Lipinski definition) is 1. The Hall–Kier alpha value is -2.21. The number of carbonyl (C=O) groups is 1. The lowest BCUT2D eigenvalue weighted by Gasteiger charge is -2.16. The van der Waals surface area contributed by atoms with Crippen LogP contribution in [0.1, 0.15) is 5.56 Å². The normalized spacial score (nSPS) is 12.8. The lowest BCUT2D eigenvalue weighted by atomic mass is 10.1. The van der Waals surface area contributed by atoms with Crippen LogP contribution in [0, 0.1) is 0 Å². The first-order chi connectivity index (χ1) is 12.0. The Bertz CT molecular complexity index is 998. The molecule has 0 heterocycles. The van der Waals surface area contributed by atoms with Crippen LogP contribution in [0.5, 0.6) is 0 Å². The van der Waals surface area contributed by atoms with Crippen LogP contribution in [0.3, 0.4) is 0 Å². The van der Waals surface area contributed by atoms with Gasteiger partial charge in [0.25, 0.3) is 0 Å². The van der Waals surface area contributed by atoms with E-state index in [4.69, 9.17) is 11.6 Å². The molecule has 0 aliphatic rings. The summed E-state index contributed by atoms with van der Waals surface area (Å²) < 4.78 is 28.1. The molecular formula is C19H16ClNO3S. The average Bonchev–Trinajstić information content (AvgIpc) is 2.61.